The molecular weight excluding hydrogens is 185 g/mol. The fourth-order valence-corrected chi connectivity index (χ4v) is 1.28. The molecule has 0 radical (unpaired) electrons. The van der Waals surface area contributed by atoms with E-state index in [1.54, 1.807) is 23.0 Å². The summed E-state index contributed by atoms with van der Waals surface area (Å²) < 4.78 is 1.78. The summed E-state index contributed by atoms with van der Waals surface area (Å²) in [6.45, 7) is 0. The summed E-state index contributed by atoms with van der Waals surface area (Å²) in [5.41, 5.74) is 1.26. The Morgan fingerprint density at radius 3 is 2.33 bits per heavy atom. The third-order valence-electron chi connectivity index (χ3n) is 1.99. The first-order valence-corrected chi connectivity index (χ1v) is 4.24. The van der Waals surface area contributed by atoms with E-state index in [9.17, 15) is 4.79 Å². The molecule has 0 aliphatic carbocycles. The van der Waals surface area contributed by atoms with E-state index in [-0.39, 0.29) is 18.9 Å². The van der Waals surface area contributed by atoms with Crippen molar-refractivity contribution in [2.75, 3.05) is 0 Å². The van der Waals surface area contributed by atoms with Crippen LogP contribution in [0.2, 0.25) is 0 Å². The number of hydrogen-bond donors (Lipinski definition) is 1. The average Bonchev–Trinajstić information content (AvgIpc) is 2.68. The number of nitrogens with zero attached hydrogens (tertiary/aromatic N) is 1. The normalized spacial score (nSPS) is 9.33. The molecule has 15 heavy (non-hydrogen) atoms. The van der Waals surface area contributed by atoms with E-state index < -0.39 is 5.97 Å². The van der Waals surface area contributed by atoms with Gasteiger partial charge in [-0.25, -0.2) is 4.79 Å². The molecule has 0 unspecified atom stereocenters. The van der Waals surface area contributed by atoms with Crippen molar-refractivity contribution in [3.8, 4) is 5.69 Å². The molecule has 3 nitrogen and oxygen atoms in total. The van der Waals surface area contributed by atoms with Gasteiger partial charge in [-0.3, -0.25) is 0 Å². The van der Waals surface area contributed by atoms with Gasteiger partial charge in [0, 0.05) is 18.1 Å². The van der Waals surface area contributed by atoms with Crippen molar-refractivity contribution < 1.29 is 9.90 Å². The monoisotopic (exact) mass is 195 g/mol. The van der Waals surface area contributed by atoms with Gasteiger partial charge in [-0.05, 0) is 18.2 Å². The van der Waals surface area contributed by atoms with Crippen LogP contribution in [0.25, 0.3) is 5.69 Å². The second-order valence-electron chi connectivity index (χ2n) is 2.95. The van der Waals surface area contributed by atoms with Gasteiger partial charge < -0.3 is 9.67 Å². The van der Waals surface area contributed by atoms with Gasteiger partial charge in [0.1, 0.15) is 0 Å². The number of benzene rings is 1. The summed E-state index contributed by atoms with van der Waals surface area (Å²) in [7, 11) is 0. The predicted molar refractivity (Wildman–Crippen MR) is 59.9 cm³/mol. The van der Waals surface area contributed by atoms with Crippen molar-refractivity contribution in [2.45, 2.75) is 0 Å². The Labute approximate surface area is 99.5 Å². The number of aromatic nitrogens is 1. The molecule has 2 rings (SSSR count). The molecule has 0 saturated carbocycles. The van der Waals surface area contributed by atoms with Crippen LogP contribution in [0, 0.1) is 0 Å². The van der Waals surface area contributed by atoms with Gasteiger partial charge in [0.25, 0.3) is 0 Å². The number of rotatable bonds is 2. The topological polar surface area (TPSA) is 42.2 Å². The van der Waals surface area contributed by atoms with Crippen LogP contribution < -0.4 is 0 Å². The Balaban J connectivity index is 0.00000112. The summed E-state index contributed by atoms with van der Waals surface area (Å²) in [4.78, 5) is 10.6. The van der Waals surface area contributed by atoms with E-state index in [0.717, 1.165) is 5.69 Å². The van der Waals surface area contributed by atoms with Gasteiger partial charge in [0.05, 0.1) is 5.56 Å². The Kier molecular flexibility index (Phi) is 3.79. The molecule has 0 aliphatic rings. The first kappa shape index (κ1) is 11.6. The summed E-state index contributed by atoms with van der Waals surface area (Å²) in [6.07, 6.45) is 3.33. The third kappa shape index (κ3) is 2.53. The van der Waals surface area contributed by atoms with Crippen molar-refractivity contribution in [3.05, 3.63) is 54.4 Å². The molecule has 1 heterocycles. The molecule has 1 aromatic carbocycles. The quantitative estimate of drug-likeness (QED) is 0.738. The van der Waals surface area contributed by atoms with Gasteiger partial charge in [-0.1, -0.05) is 18.2 Å². The van der Waals surface area contributed by atoms with E-state index in [0.29, 0.717) is 5.56 Å². The molecule has 0 aliphatic heterocycles. The van der Waals surface area contributed by atoms with E-state index in [1.165, 1.54) is 0 Å². The Hall–Kier alpha value is -1.43. The van der Waals surface area contributed by atoms with Crippen LogP contribution in [0.3, 0.4) is 0 Å². The van der Waals surface area contributed by atoms with E-state index in [4.69, 9.17) is 5.11 Å². The fourth-order valence-electron chi connectivity index (χ4n) is 1.28. The Morgan fingerprint density at radius 2 is 1.80 bits per heavy atom. The third-order valence-corrected chi connectivity index (χ3v) is 1.99. The van der Waals surface area contributed by atoms with Crippen LogP contribution in [0.5, 0.6) is 0 Å². The minimum absolute atomic E-state index is 0. The van der Waals surface area contributed by atoms with E-state index in [1.807, 2.05) is 30.3 Å². The molecule has 1 aromatic heterocycles. The van der Waals surface area contributed by atoms with Gasteiger partial charge in [-0.2, -0.15) is 0 Å². The van der Waals surface area contributed by atoms with Gasteiger partial charge in [0.15, 0.2) is 0 Å². The minimum atomic E-state index is -0.903. The molecule has 0 atom stereocenters. The number of carboxylic acid groups (broad SMARTS) is 1. The van der Waals surface area contributed by atoms with Gasteiger partial charge in [-0.15, -0.1) is 0 Å². The maximum atomic E-state index is 10.6. The SMILES string of the molecule is O=C(O)c1ccn(-c2ccccc2)c1.[LiH]. The van der Waals surface area contributed by atoms with Crippen LogP contribution in [0.4, 0.5) is 0 Å². The van der Waals surface area contributed by atoms with Crippen LogP contribution in [-0.4, -0.2) is 34.5 Å². The number of para-hydroxylation sites is 1. The van der Waals surface area contributed by atoms with Gasteiger partial charge in [0.2, 0.25) is 0 Å². The molecule has 4 heteroatoms. The first-order valence-electron chi connectivity index (χ1n) is 4.24. The van der Waals surface area contributed by atoms with Crippen molar-refractivity contribution in [1.29, 1.82) is 0 Å². The van der Waals surface area contributed by atoms with E-state index in [2.05, 4.69) is 0 Å². The Bertz CT molecular complexity index is 451. The second-order valence-corrected chi connectivity index (χ2v) is 2.95. The number of hydrogen-bond acceptors (Lipinski definition) is 1. The summed E-state index contributed by atoms with van der Waals surface area (Å²) >= 11 is 0. The van der Waals surface area contributed by atoms with Gasteiger partial charge >= 0.3 is 24.8 Å². The summed E-state index contributed by atoms with van der Waals surface area (Å²) in [6, 6.07) is 11.2. The Morgan fingerprint density at radius 1 is 1.13 bits per heavy atom. The number of aromatic carboxylic acids is 1. The van der Waals surface area contributed by atoms with Crippen molar-refractivity contribution in [1.82, 2.24) is 4.57 Å². The molecule has 0 amide bonds. The van der Waals surface area contributed by atoms with Crippen molar-refractivity contribution >= 4 is 24.8 Å². The first-order chi connectivity index (χ1) is 6.77. The number of carbonyl (C=O) groups is 1. The average molecular weight is 195 g/mol. The zero-order valence-electron chi connectivity index (χ0n) is 7.42. The summed E-state index contributed by atoms with van der Waals surface area (Å²) in [5.74, 6) is -0.903. The molecule has 1 N–H and O–H groups in total. The second kappa shape index (κ2) is 4.88. The molecule has 0 spiro atoms. The molecule has 0 saturated heterocycles. The van der Waals surface area contributed by atoms with Crippen LogP contribution in [0.1, 0.15) is 10.4 Å². The molecular formula is C11H10LiNO2. The zero-order chi connectivity index (χ0) is 9.97. The van der Waals surface area contributed by atoms with Crippen LogP contribution in [-0.2, 0) is 0 Å². The molecule has 0 bridgehead atoms. The standard InChI is InChI=1S/C11H9NO2.Li.H/c13-11(14)9-6-7-12(8-9)10-4-2-1-3-5-10;;/h1-8H,(H,13,14);;. The number of carboxylic acids is 1. The van der Waals surface area contributed by atoms with Crippen LogP contribution >= 0.6 is 0 Å². The molecule has 2 aromatic rings. The van der Waals surface area contributed by atoms with Crippen molar-refractivity contribution in [3.63, 3.8) is 0 Å². The fraction of sp³-hybridized carbons (Fsp3) is 0. The van der Waals surface area contributed by atoms with Crippen LogP contribution in [0.15, 0.2) is 48.8 Å². The van der Waals surface area contributed by atoms with Crippen molar-refractivity contribution in [2.24, 2.45) is 0 Å². The van der Waals surface area contributed by atoms with E-state index >= 15 is 0 Å². The zero-order valence-corrected chi connectivity index (χ0v) is 7.42. The molecule has 0 fully saturated rings. The summed E-state index contributed by atoms with van der Waals surface area (Å²) in [5, 5.41) is 8.73. The maximum absolute atomic E-state index is 10.6. The molecule has 72 valence electrons. The predicted octanol–water partition coefficient (Wildman–Crippen LogP) is 1.53.